The van der Waals surface area contributed by atoms with Crippen molar-refractivity contribution in [2.45, 2.75) is 57.4 Å². The number of aromatic nitrogens is 2. The maximum absolute atomic E-state index is 12.5. The van der Waals surface area contributed by atoms with Crippen molar-refractivity contribution < 1.29 is 9.53 Å². The quantitative estimate of drug-likeness (QED) is 0.832. The molecule has 144 valence electrons. The highest BCUT2D eigenvalue weighted by atomic mass is 32.2. The molecule has 4 rings (SSSR count). The molecule has 27 heavy (non-hydrogen) atoms. The van der Waals surface area contributed by atoms with E-state index in [1.807, 2.05) is 0 Å². The number of anilines is 1. The van der Waals surface area contributed by atoms with Crippen LogP contribution in [-0.2, 0) is 9.53 Å². The zero-order valence-electron chi connectivity index (χ0n) is 16.4. The summed E-state index contributed by atoms with van der Waals surface area (Å²) in [5.74, 6) is 1.37. The molecule has 1 N–H and O–H groups in total. The lowest BCUT2D eigenvalue weighted by molar-refractivity contribution is -0.113. The number of carbonyl (C=O) groups is 1. The van der Waals surface area contributed by atoms with Crippen LogP contribution in [0.4, 0.5) is 5.82 Å². The van der Waals surface area contributed by atoms with Gasteiger partial charge in [-0.1, -0.05) is 29.8 Å². The van der Waals surface area contributed by atoms with E-state index < -0.39 is 0 Å². The van der Waals surface area contributed by atoms with Crippen LogP contribution in [0, 0.1) is 13.8 Å². The Morgan fingerprint density at radius 2 is 2.00 bits per heavy atom. The minimum absolute atomic E-state index is 0.0448. The summed E-state index contributed by atoms with van der Waals surface area (Å²) in [6.07, 6.45) is 1.80. The molecule has 2 aliphatic rings. The Bertz CT molecular complexity index is 857. The predicted molar refractivity (Wildman–Crippen MR) is 109 cm³/mol. The summed E-state index contributed by atoms with van der Waals surface area (Å²) in [6.45, 7) is 9.11. The Morgan fingerprint density at radius 3 is 2.70 bits per heavy atom. The fraction of sp³-hybridized carbons (Fsp3) is 0.524. The van der Waals surface area contributed by atoms with Crippen molar-refractivity contribution in [1.29, 1.82) is 0 Å². The standard InChI is InChI=1S/C21H27N3O2S/c1-13-5-7-15(8-6-13)19-18-14(2)23-24(20(18)22-17(25)12-27-19)16-9-10-26-21(3,4)11-16/h5-8,16,19H,9-12H2,1-4H3,(H,22,25). The second-order valence-corrected chi connectivity index (χ2v) is 9.29. The fourth-order valence-corrected chi connectivity index (χ4v) is 5.27. The molecule has 2 unspecified atom stereocenters. The largest absolute Gasteiger partial charge is 0.375 e. The van der Waals surface area contributed by atoms with Gasteiger partial charge in [0.1, 0.15) is 5.82 Å². The van der Waals surface area contributed by atoms with E-state index in [9.17, 15) is 4.79 Å². The average Bonchev–Trinajstić information content (AvgIpc) is 2.81. The van der Waals surface area contributed by atoms with E-state index in [-0.39, 0.29) is 22.8 Å². The number of rotatable bonds is 2. The number of amides is 1. The van der Waals surface area contributed by atoms with Crippen molar-refractivity contribution in [2.24, 2.45) is 0 Å². The predicted octanol–water partition coefficient (Wildman–Crippen LogP) is 4.40. The van der Waals surface area contributed by atoms with E-state index in [0.29, 0.717) is 5.75 Å². The van der Waals surface area contributed by atoms with E-state index in [4.69, 9.17) is 9.84 Å². The van der Waals surface area contributed by atoms with Gasteiger partial charge in [-0.15, -0.1) is 11.8 Å². The van der Waals surface area contributed by atoms with E-state index >= 15 is 0 Å². The molecule has 2 aliphatic heterocycles. The van der Waals surface area contributed by atoms with Crippen LogP contribution in [0.5, 0.6) is 0 Å². The highest BCUT2D eigenvalue weighted by Crippen LogP contribution is 2.45. The maximum Gasteiger partial charge on any atom is 0.235 e. The number of hydrogen-bond acceptors (Lipinski definition) is 4. The molecule has 0 aliphatic carbocycles. The average molecular weight is 386 g/mol. The summed E-state index contributed by atoms with van der Waals surface area (Å²) in [5.41, 5.74) is 4.42. The zero-order chi connectivity index (χ0) is 19.2. The number of nitrogens with one attached hydrogen (secondary N) is 1. The molecule has 0 radical (unpaired) electrons. The summed E-state index contributed by atoms with van der Waals surface area (Å²) < 4.78 is 7.94. The molecule has 3 heterocycles. The van der Waals surface area contributed by atoms with Gasteiger partial charge >= 0.3 is 0 Å². The van der Waals surface area contributed by atoms with E-state index in [0.717, 1.165) is 36.5 Å². The van der Waals surface area contributed by atoms with Crippen LogP contribution in [0.2, 0.25) is 0 Å². The van der Waals surface area contributed by atoms with Gasteiger partial charge in [-0.05, 0) is 46.1 Å². The smallest absolute Gasteiger partial charge is 0.235 e. The number of thioether (sulfide) groups is 1. The first-order valence-electron chi connectivity index (χ1n) is 9.55. The number of fused-ring (bicyclic) bond motifs is 1. The van der Waals surface area contributed by atoms with Crippen molar-refractivity contribution in [3.63, 3.8) is 0 Å². The first-order chi connectivity index (χ1) is 12.8. The van der Waals surface area contributed by atoms with Gasteiger partial charge in [0.15, 0.2) is 0 Å². The summed E-state index contributed by atoms with van der Waals surface area (Å²) >= 11 is 1.68. The van der Waals surface area contributed by atoms with E-state index in [1.54, 1.807) is 11.8 Å². The molecular weight excluding hydrogens is 358 g/mol. The highest BCUT2D eigenvalue weighted by Gasteiger charge is 2.35. The minimum atomic E-state index is -0.171. The SMILES string of the molecule is Cc1ccc(C2SCC(=O)Nc3c2c(C)nn3C2CCOC(C)(C)C2)cc1. The fourth-order valence-electron chi connectivity index (χ4n) is 4.09. The minimum Gasteiger partial charge on any atom is -0.375 e. The highest BCUT2D eigenvalue weighted by molar-refractivity contribution is 8.00. The summed E-state index contributed by atoms with van der Waals surface area (Å²) in [6, 6.07) is 8.84. The van der Waals surface area contributed by atoms with Gasteiger partial charge in [-0.2, -0.15) is 5.10 Å². The molecule has 2 atom stereocenters. The number of carbonyl (C=O) groups excluding carboxylic acids is 1. The summed E-state index contributed by atoms with van der Waals surface area (Å²) in [4.78, 5) is 12.5. The first kappa shape index (κ1) is 18.6. The third kappa shape index (κ3) is 3.65. The lowest BCUT2D eigenvalue weighted by Crippen LogP contribution is -2.36. The molecule has 0 spiro atoms. The van der Waals surface area contributed by atoms with Gasteiger partial charge in [-0.25, -0.2) is 4.68 Å². The Morgan fingerprint density at radius 1 is 1.26 bits per heavy atom. The van der Waals surface area contributed by atoms with Crippen molar-refractivity contribution in [1.82, 2.24) is 9.78 Å². The van der Waals surface area contributed by atoms with Crippen LogP contribution in [0.15, 0.2) is 24.3 Å². The molecule has 6 heteroatoms. The molecule has 5 nitrogen and oxygen atoms in total. The molecule has 1 saturated heterocycles. The number of hydrogen-bond donors (Lipinski definition) is 1. The van der Waals surface area contributed by atoms with Gasteiger partial charge < -0.3 is 10.1 Å². The number of aryl methyl sites for hydroxylation is 2. The Kier molecular flexibility index (Phi) is 4.80. The van der Waals surface area contributed by atoms with Crippen LogP contribution in [0.3, 0.4) is 0 Å². The number of benzene rings is 1. The van der Waals surface area contributed by atoms with Gasteiger partial charge in [0, 0.05) is 12.2 Å². The zero-order valence-corrected chi connectivity index (χ0v) is 17.2. The van der Waals surface area contributed by atoms with Crippen molar-refractivity contribution in [3.05, 3.63) is 46.6 Å². The van der Waals surface area contributed by atoms with E-state index in [1.165, 1.54) is 11.1 Å². The maximum atomic E-state index is 12.5. The first-order valence-corrected chi connectivity index (χ1v) is 10.6. The summed E-state index contributed by atoms with van der Waals surface area (Å²) in [7, 11) is 0. The monoisotopic (exact) mass is 385 g/mol. The van der Waals surface area contributed by atoms with Crippen molar-refractivity contribution in [3.8, 4) is 0 Å². The molecule has 0 saturated carbocycles. The van der Waals surface area contributed by atoms with Crippen molar-refractivity contribution >= 4 is 23.5 Å². The molecule has 1 aromatic heterocycles. The molecule has 1 fully saturated rings. The van der Waals surface area contributed by atoms with E-state index in [2.05, 4.69) is 62.0 Å². The van der Waals surface area contributed by atoms with Crippen LogP contribution >= 0.6 is 11.8 Å². The molecule has 1 aromatic carbocycles. The third-order valence-corrected chi connectivity index (χ3v) is 6.70. The molecular formula is C21H27N3O2S. The Labute approximate surface area is 164 Å². The molecule has 0 bridgehead atoms. The lowest BCUT2D eigenvalue weighted by Gasteiger charge is -2.36. The van der Waals surface area contributed by atoms with Crippen LogP contribution in [-0.4, -0.2) is 33.6 Å². The second-order valence-electron chi connectivity index (χ2n) is 8.20. The molecule has 1 amide bonds. The normalized spacial score (nSPS) is 24.8. The van der Waals surface area contributed by atoms with Crippen molar-refractivity contribution in [2.75, 3.05) is 17.7 Å². The number of ether oxygens (including phenoxy) is 1. The Balaban J connectivity index is 1.78. The number of nitrogens with zero attached hydrogens (tertiary/aromatic N) is 2. The van der Waals surface area contributed by atoms with Gasteiger partial charge in [0.25, 0.3) is 0 Å². The van der Waals surface area contributed by atoms with Crippen LogP contribution < -0.4 is 5.32 Å². The van der Waals surface area contributed by atoms with Crippen LogP contribution in [0.1, 0.15) is 60.4 Å². The second kappa shape index (κ2) is 6.99. The molecule has 2 aromatic rings. The van der Waals surface area contributed by atoms with Gasteiger partial charge in [0.2, 0.25) is 5.91 Å². The summed E-state index contributed by atoms with van der Waals surface area (Å²) in [5, 5.41) is 8.14. The lowest BCUT2D eigenvalue weighted by atomic mass is 9.94. The van der Waals surface area contributed by atoms with Gasteiger partial charge in [0.05, 0.1) is 28.3 Å². The third-order valence-electron chi connectivity index (χ3n) is 5.43. The van der Waals surface area contributed by atoms with Gasteiger partial charge in [-0.3, -0.25) is 4.79 Å². The Hall–Kier alpha value is -1.79. The van der Waals surface area contributed by atoms with Crippen LogP contribution in [0.25, 0.3) is 0 Å². The topological polar surface area (TPSA) is 56.2 Å².